The third kappa shape index (κ3) is 3.04. The van der Waals surface area contributed by atoms with E-state index in [9.17, 15) is 10.2 Å². The van der Waals surface area contributed by atoms with E-state index in [1.54, 1.807) is 12.1 Å². The molecule has 3 aliphatic carbocycles. The van der Waals surface area contributed by atoms with Crippen LogP contribution in [0.4, 0.5) is 5.69 Å². The van der Waals surface area contributed by atoms with E-state index in [0.717, 1.165) is 43.4 Å². The number of hydrogen-bond acceptors (Lipinski definition) is 2. The lowest BCUT2D eigenvalue weighted by atomic mass is 9.49. The molecule has 2 fully saturated rings. The number of phenols is 1. The van der Waals surface area contributed by atoms with Crippen LogP contribution < -0.4 is 0 Å². The third-order valence-electron chi connectivity index (χ3n) is 8.95. The fourth-order valence-electron chi connectivity index (χ4n) is 7.40. The topological polar surface area (TPSA) is 44.8 Å². The number of benzene rings is 2. The number of aryl methyl sites for hydroxylation is 1. The number of nitrogens with zero attached hydrogens (tertiary/aromatic N) is 1. The molecule has 3 heteroatoms. The molecule has 0 aromatic heterocycles. The van der Waals surface area contributed by atoms with Crippen LogP contribution in [0, 0.1) is 29.7 Å². The van der Waals surface area contributed by atoms with Gasteiger partial charge in [-0.1, -0.05) is 48.9 Å². The summed E-state index contributed by atoms with van der Waals surface area (Å²) in [6.07, 6.45) is 7.73. The standard InChI is InChI=1S/C28H31NO2/c1-4-19-17-27(2)25(13-14-28(27,31)16-18-5-9-22(30)10-6-18)24-11-7-20-15-21(29-3)8-12-23(20)26(19)24/h4-6,8-10,12,15,19,24-26,30-31H,1,7,11,13-14,16-17H2,2H3/t19-,24?,25?,26?,27-,28+/m0/s1. The molecular weight excluding hydrogens is 382 g/mol. The van der Waals surface area contributed by atoms with Gasteiger partial charge < -0.3 is 10.2 Å². The minimum absolute atomic E-state index is 0.154. The zero-order chi connectivity index (χ0) is 21.8. The van der Waals surface area contributed by atoms with Crippen LogP contribution in [0.5, 0.6) is 5.75 Å². The Morgan fingerprint density at radius 1 is 1.19 bits per heavy atom. The van der Waals surface area contributed by atoms with E-state index in [2.05, 4.69) is 36.6 Å². The molecule has 0 amide bonds. The molecule has 0 radical (unpaired) electrons. The molecule has 2 saturated carbocycles. The molecule has 2 aromatic rings. The van der Waals surface area contributed by atoms with Gasteiger partial charge in [-0.3, -0.25) is 0 Å². The highest BCUT2D eigenvalue weighted by atomic mass is 16.3. The molecule has 3 aliphatic rings. The molecule has 6 atom stereocenters. The van der Waals surface area contributed by atoms with Crippen molar-refractivity contribution in [2.24, 2.45) is 23.2 Å². The molecule has 0 aliphatic heterocycles. The number of aliphatic hydroxyl groups is 1. The first kappa shape index (κ1) is 20.3. The summed E-state index contributed by atoms with van der Waals surface area (Å²) >= 11 is 0. The molecule has 160 valence electrons. The second-order valence-corrected chi connectivity index (χ2v) is 10.3. The molecule has 2 aromatic carbocycles. The van der Waals surface area contributed by atoms with Crippen molar-refractivity contribution in [3.8, 4) is 5.75 Å². The maximum Gasteiger partial charge on any atom is 0.187 e. The molecule has 0 heterocycles. The summed E-state index contributed by atoms with van der Waals surface area (Å²) in [6, 6.07) is 13.5. The zero-order valence-corrected chi connectivity index (χ0v) is 18.2. The molecule has 0 bridgehead atoms. The van der Waals surface area contributed by atoms with Crippen LogP contribution in [-0.2, 0) is 12.8 Å². The van der Waals surface area contributed by atoms with E-state index in [-0.39, 0.29) is 11.2 Å². The van der Waals surface area contributed by atoms with Gasteiger partial charge in [0.05, 0.1) is 12.2 Å². The van der Waals surface area contributed by atoms with Gasteiger partial charge in [-0.15, -0.1) is 6.58 Å². The Labute approximate surface area is 185 Å². The molecule has 5 rings (SSSR count). The number of hydrogen-bond donors (Lipinski definition) is 2. The van der Waals surface area contributed by atoms with Gasteiger partial charge in [-0.2, -0.15) is 0 Å². The lowest BCUT2D eigenvalue weighted by Crippen LogP contribution is -2.54. The predicted molar refractivity (Wildman–Crippen MR) is 123 cm³/mol. The Bertz CT molecular complexity index is 1050. The van der Waals surface area contributed by atoms with Gasteiger partial charge in [-0.25, -0.2) is 4.85 Å². The van der Waals surface area contributed by atoms with E-state index in [1.807, 2.05) is 18.2 Å². The van der Waals surface area contributed by atoms with E-state index in [0.29, 0.717) is 30.1 Å². The van der Waals surface area contributed by atoms with Crippen LogP contribution in [0.1, 0.15) is 55.2 Å². The largest absolute Gasteiger partial charge is 0.508 e. The van der Waals surface area contributed by atoms with Gasteiger partial charge in [-0.05, 0) is 79.0 Å². The summed E-state index contributed by atoms with van der Waals surface area (Å²) in [7, 11) is 0. The first-order valence-electron chi connectivity index (χ1n) is 11.5. The third-order valence-corrected chi connectivity index (χ3v) is 8.95. The van der Waals surface area contributed by atoms with Crippen LogP contribution >= 0.6 is 0 Å². The van der Waals surface area contributed by atoms with Gasteiger partial charge in [0.25, 0.3) is 0 Å². The molecule has 2 N–H and O–H groups in total. The Hall–Kier alpha value is -2.57. The van der Waals surface area contributed by atoms with Gasteiger partial charge in [0.1, 0.15) is 5.75 Å². The molecule has 31 heavy (non-hydrogen) atoms. The summed E-state index contributed by atoms with van der Waals surface area (Å²) in [5.74, 6) is 2.07. The van der Waals surface area contributed by atoms with Crippen molar-refractivity contribution in [3.63, 3.8) is 0 Å². The van der Waals surface area contributed by atoms with Crippen LogP contribution in [0.25, 0.3) is 4.85 Å². The maximum atomic E-state index is 12.0. The van der Waals surface area contributed by atoms with Gasteiger partial charge >= 0.3 is 0 Å². The summed E-state index contributed by atoms with van der Waals surface area (Å²) in [5, 5.41) is 21.6. The molecule has 3 unspecified atom stereocenters. The molecular formula is C28H31NO2. The highest BCUT2D eigenvalue weighted by molar-refractivity contribution is 5.52. The Morgan fingerprint density at radius 3 is 2.68 bits per heavy atom. The lowest BCUT2D eigenvalue weighted by molar-refractivity contribution is -0.111. The van der Waals surface area contributed by atoms with Crippen LogP contribution in [0.3, 0.4) is 0 Å². The maximum absolute atomic E-state index is 12.0. The summed E-state index contributed by atoms with van der Waals surface area (Å²) in [5.41, 5.74) is 3.66. The highest BCUT2D eigenvalue weighted by Gasteiger charge is 2.63. The van der Waals surface area contributed by atoms with E-state index >= 15 is 0 Å². The first-order valence-corrected chi connectivity index (χ1v) is 11.5. The Kier molecular flexibility index (Phi) is 4.75. The van der Waals surface area contributed by atoms with Crippen molar-refractivity contribution in [1.29, 1.82) is 0 Å². The Morgan fingerprint density at radius 2 is 1.97 bits per heavy atom. The normalized spacial score (nSPS) is 36.0. The first-order chi connectivity index (χ1) is 14.9. The van der Waals surface area contributed by atoms with Crippen LogP contribution in [0.2, 0.25) is 0 Å². The minimum Gasteiger partial charge on any atom is -0.508 e. The number of aromatic hydroxyl groups is 1. The van der Waals surface area contributed by atoms with Crippen molar-refractivity contribution in [3.05, 3.63) is 83.2 Å². The summed E-state index contributed by atoms with van der Waals surface area (Å²) in [4.78, 5) is 3.63. The summed E-state index contributed by atoms with van der Waals surface area (Å²) in [6.45, 7) is 13.9. The van der Waals surface area contributed by atoms with Crippen molar-refractivity contribution in [2.75, 3.05) is 0 Å². The van der Waals surface area contributed by atoms with E-state index < -0.39 is 5.60 Å². The van der Waals surface area contributed by atoms with Crippen molar-refractivity contribution in [1.82, 2.24) is 0 Å². The average Bonchev–Trinajstić information content (AvgIpc) is 3.04. The summed E-state index contributed by atoms with van der Waals surface area (Å²) < 4.78 is 0. The second kappa shape index (κ2) is 7.24. The lowest BCUT2D eigenvalue weighted by Gasteiger charge is -2.56. The second-order valence-electron chi connectivity index (χ2n) is 10.3. The molecule has 3 nitrogen and oxygen atoms in total. The van der Waals surface area contributed by atoms with Crippen molar-refractivity contribution in [2.45, 2.75) is 57.0 Å². The van der Waals surface area contributed by atoms with Crippen molar-refractivity contribution < 1.29 is 10.2 Å². The van der Waals surface area contributed by atoms with Crippen LogP contribution in [0.15, 0.2) is 55.1 Å². The monoisotopic (exact) mass is 413 g/mol. The fourth-order valence-corrected chi connectivity index (χ4v) is 7.40. The number of fused-ring (bicyclic) bond motifs is 5. The van der Waals surface area contributed by atoms with E-state index in [1.165, 1.54) is 11.1 Å². The van der Waals surface area contributed by atoms with Gasteiger partial charge in [0.2, 0.25) is 0 Å². The smallest absolute Gasteiger partial charge is 0.187 e. The Balaban J connectivity index is 1.50. The van der Waals surface area contributed by atoms with E-state index in [4.69, 9.17) is 6.57 Å². The zero-order valence-electron chi connectivity index (χ0n) is 18.2. The number of phenolic OH excluding ortho intramolecular Hbond substituents is 1. The minimum atomic E-state index is -0.741. The van der Waals surface area contributed by atoms with Gasteiger partial charge in [0, 0.05) is 11.8 Å². The average molecular weight is 414 g/mol. The SMILES string of the molecule is [C-]#[N+]c1ccc2c(c1)CCC1C2[C@@H](C=C)C[C@@]2(C)C1CC[C@@]2(O)Cc1ccc(O)cc1. The molecule has 0 spiro atoms. The van der Waals surface area contributed by atoms with Crippen molar-refractivity contribution >= 4 is 5.69 Å². The number of rotatable bonds is 3. The van der Waals surface area contributed by atoms with Crippen LogP contribution in [-0.4, -0.2) is 15.8 Å². The number of allylic oxidation sites excluding steroid dienone is 1. The quantitative estimate of drug-likeness (QED) is 0.466. The molecule has 0 saturated heterocycles. The fraction of sp³-hybridized carbons (Fsp3) is 0.464. The predicted octanol–water partition coefficient (Wildman–Crippen LogP) is 6.18. The highest BCUT2D eigenvalue weighted by Crippen LogP contribution is 2.66. The van der Waals surface area contributed by atoms with Gasteiger partial charge in [0.15, 0.2) is 5.69 Å².